The fraction of sp³-hybridized carbons (Fsp3) is 0.231. The van der Waals surface area contributed by atoms with Crippen molar-refractivity contribution in [3.05, 3.63) is 60.0 Å². The van der Waals surface area contributed by atoms with Gasteiger partial charge in [-0.3, -0.25) is 0 Å². The molecule has 0 saturated carbocycles. The third kappa shape index (κ3) is 3.03. The summed E-state index contributed by atoms with van der Waals surface area (Å²) in [5.41, 5.74) is 1.17. The van der Waals surface area contributed by atoms with E-state index in [2.05, 4.69) is 29.6 Å². The summed E-state index contributed by atoms with van der Waals surface area (Å²) in [4.78, 5) is 0. The number of nitrogens with two attached hydrogens (primary N) is 1. The molecule has 1 nitrogen and oxygen atoms in total. The van der Waals surface area contributed by atoms with Crippen molar-refractivity contribution in [3.8, 4) is 0 Å². The van der Waals surface area contributed by atoms with Crippen LogP contribution in [-0.4, -0.2) is 6.54 Å². The SMILES string of the molecule is Fc1ccc(C[NH2+]CC2C=CC=C2)cc1. The highest BCUT2D eigenvalue weighted by Gasteiger charge is 2.05. The minimum Gasteiger partial charge on any atom is -0.342 e. The first-order valence-corrected chi connectivity index (χ1v) is 5.26. The lowest BCUT2D eigenvalue weighted by Gasteiger charge is -2.04. The van der Waals surface area contributed by atoms with Crippen molar-refractivity contribution in [1.82, 2.24) is 0 Å². The van der Waals surface area contributed by atoms with Crippen molar-refractivity contribution >= 4 is 0 Å². The Kier molecular flexibility index (Phi) is 3.30. The quantitative estimate of drug-likeness (QED) is 0.767. The smallest absolute Gasteiger partial charge is 0.123 e. The zero-order valence-electron chi connectivity index (χ0n) is 8.57. The van der Waals surface area contributed by atoms with Crippen LogP contribution < -0.4 is 5.32 Å². The monoisotopic (exact) mass is 204 g/mol. The summed E-state index contributed by atoms with van der Waals surface area (Å²) in [7, 11) is 0. The Labute approximate surface area is 89.3 Å². The normalized spacial score (nSPS) is 15.0. The van der Waals surface area contributed by atoms with Crippen molar-refractivity contribution in [3.63, 3.8) is 0 Å². The van der Waals surface area contributed by atoms with Gasteiger partial charge in [-0.1, -0.05) is 36.4 Å². The molecular weight excluding hydrogens is 189 g/mol. The van der Waals surface area contributed by atoms with E-state index < -0.39 is 0 Å². The van der Waals surface area contributed by atoms with Crippen LogP contribution in [0, 0.1) is 11.7 Å². The third-order valence-electron chi connectivity index (χ3n) is 2.56. The molecule has 0 unspecified atom stereocenters. The minimum absolute atomic E-state index is 0.166. The average molecular weight is 204 g/mol. The number of rotatable bonds is 4. The van der Waals surface area contributed by atoms with Crippen molar-refractivity contribution in [2.75, 3.05) is 6.54 Å². The molecule has 0 bridgehead atoms. The number of quaternary nitrogens is 1. The second-order valence-corrected chi connectivity index (χ2v) is 3.79. The van der Waals surface area contributed by atoms with Gasteiger partial charge in [-0.05, 0) is 12.1 Å². The summed E-state index contributed by atoms with van der Waals surface area (Å²) in [6, 6.07) is 6.70. The summed E-state index contributed by atoms with van der Waals surface area (Å²) in [6.07, 6.45) is 8.55. The van der Waals surface area contributed by atoms with Gasteiger partial charge in [0, 0.05) is 11.5 Å². The first-order chi connectivity index (χ1) is 7.34. The molecule has 0 aliphatic heterocycles. The molecule has 0 amide bonds. The number of hydrogen-bond acceptors (Lipinski definition) is 0. The van der Waals surface area contributed by atoms with Gasteiger partial charge >= 0.3 is 0 Å². The predicted molar refractivity (Wildman–Crippen MR) is 58.7 cm³/mol. The third-order valence-corrected chi connectivity index (χ3v) is 2.56. The molecule has 2 heteroatoms. The standard InChI is InChI=1S/C13H14FN/c14-13-7-5-12(6-8-13)10-15-9-11-3-1-2-4-11/h1-8,11,15H,9-10H2/p+1. The molecule has 15 heavy (non-hydrogen) atoms. The number of hydrogen-bond donors (Lipinski definition) is 1. The van der Waals surface area contributed by atoms with Crippen molar-refractivity contribution in [2.24, 2.45) is 5.92 Å². The molecule has 0 saturated heterocycles. The van der Waals surface area contributed by atoms with Crippen LogP contribution in [-0.2, 0) is 6.54 Å². The molecule has 0 radical (unpaired) electrons. The highest BCUT2D eigenvalue weighted by Crippen LogP contribution is 2.05. The largest absolute Gasteiger partial charge is 0.342 e. The maximum absolute atomic E-state index is 12.6. The average Bonchev–Trinajstić information content (AvgIpc) is 2.74. The maximum atomic E-state index is 12.6. The lowest BCUT2D eigenvalue weighted by Crippen LogP contribution is -2.83. The summed E-state index contributed by atoms with van der Waals surface area (Å²) in [5, 5.41) is 2.25. The molecule has 2 N–H and O–H groups in total. The van der Waals surface area contributed by atoms with E-state index >= 15 is 0 Å². The molecule has 78 valence electrons. The maximum Gasteiger partial charge on any atom is 0.123 e. The summed E-state index contributed by atoms with van der Waals surface area (Å²) in [5.74, 6) is 0.394. The van der Waals surface area contributed by atoms with Crippen LogP contribution in [0.15, 0.2) is 48.6 Å². The fourth-order valence-electron chi connectivity index (χ4n) is 1.70. The van der Waals surface area contributed by atoms with E-state index in [0.29, 0.717) is 5.92 Å². The molecule has 0 spiro atoms. The summed E-state index contributed by atoms with van der Waals surface area (Å²) < 4.78 is 12.6. The van der Waals surface area contributed by atoms with E-state index in [1.165, 1.54) is 17.7 Å². The molecule has 0 atom stereocenters. The van der Waals surface area contributed by atoms with Crippen molar-refractivity contribution in [2.45, 2.75) is 6.54 Å². The molecule has 0 fully saturated rings. The van der Waals surface area contributed by atoms with Crippen molar-refractivity contribution < 1.29 is 9.71 Å². The Bertz CT molecular complexity index is 353. The molecule has 1 aliphatic carbocycles. The molecule has 1 aromatic carbocycles. The van der Waals surface area contributed by atoms with Crippen LogP contribution in [0.5, 0.6) is 0 Å². The van der Waals surface area contributed by atoms with Crippen LogP contribution in [0.1, 0.15) is 5.56 Å². The number of allylic oxidation sites excluding steroid dienone is 2. The van der Waals surface area contributed by atoms with Gasteiger partial charge in [0.05, 0.1) is 6.54 Å². The van der Waals surface area contributed by atoms with Gasteiger partial charge in [0.1, 0.15) is 12.4 Å². The molecule has 1 aromatic rings. The lowest BCUT2D eigenvalue weighted by molar-refractivity contribution is -0.673. The lowest BCUT2D eigenvalue weighted by atomic mass is 10.1. The van der Waals surface area contributed by atoms with Gasteiger partial charge in [0.25, 0.3) is 0 Å². The Morgan fingerprint density at radius 2 is 1.73 bits per heavy atom. The molecule has 2 rings (SSSR count). The van der Waals surface area contributed by atoms with Crippen molar-refractivity contribution in [1.29, 1.82) is 0 Å². The highest BCUT2D eigenvalue weighted by atomic mass is 19.1. The van der Waals surface area contributed by atoms with E-state index in [4.69, 9.17) is 0 Å². The Morgan fingerprint density at radius 1 is 1.07 bits per heavy atom. The van der Waals surface area contributed by atoms with Crippen LogP contribution >= 0.6 is 0 Å². The second-order valence-electron chi connectivity index (χ2n) is 3.79. The zero-order valence-corrected chi connectivity index (χ0v) is 8.57. The molecular formula is C13H15FN+. The minimum atomic E-state index is -0.166. The van der Waals surface area contributed by atoms with E-state index in [1.807, 2.05) is 12.1 Å². The Hall–Kier alpha value is -1.41. The van der Waals surface area contributed by atoms with Crippen LogP contribution in [0.4, 0.5) is 4.39 Å². The highest BCUT2D eigenvalue weighted by molar-refractivity contribution is 5.17. The van der Waals surface area contributed by atoms with E-state index in [0.717, 1.165) is 13.1 Å². The first kappa shape index (κ1) is 10.1. The zero-order chi connectivity index (χ0) is 10.5. The van der Waals surface area contributed by atoms with Gasteiger partial charge in [-0.2, -0.15) is 0 Å². The fourth-order valence-corrected chi connectivity index (χ4v) is 1.70. The second kappa shape index (κ2) is 4.89. The predicted octanol–water partition coefficient (Wildman–Crippen LogP) is 1.63. The summed E-state index contributed by atoms with van der Waals surface area (Å²) in [6.45, 7) is 1.98. The molecule has 0 aromatic heterocycles. The summed E-state index contributed by atoms with van der Waals surface area (Å²) >= 11 is 0. The van der Waals surface area contributed by atoms with Crippen LogP contribution in [0.2, 0.25) is 0 Å². The van der Waals surface area contributed by atoms with Gasteiger partial charge in [0.2, 0.25) is 0 Å². The topological polar surface area (TPSA) is 16.6 Å². The molecule has 0 heterocycles. The van der Waals surface area contributed by atoms with E-state index in [1.54, 1.807) is 0 Å². The van der Waals surface area contributed by atoms with Gasteiger partial charge in [0.15, 0.2) is 0 Å². The Balaban J connectivity index is 1.76. The van der Waals surface area contributed by atoms with Gasteiger partial charge < -0.3 is 5.32 Å². The molecule has 1 aliphatic rings. The van der Waals surface area contributed by atoms with Crippen LogP contribution in [0.25, 0.3) is 0 Å². The van der Waals surface area contributed by atoms with E-state index in [-0.39, 0.29) is 5.82 Å². The Morgan fingerprint density at radius 3 is 2.40 bits per heavy atom. The van der Waals surface area contributed by atoms with Gasteiger partial charge in [-0.25, -0.2) is 4.39 Å². The van der Waals surface area contributed by atoms with E-state index in [9.17, 15) is 4.39 Å². The number of halogens is 1. The van der Waals surface area contributed by atoms with Gasteiger partial charge in [-0.15, -0.1) is 0 Å². The number of benzene rings is 1. The van der Waals surface area contributed by atoms with Crippen LogP contribution in [0.3, 0.4) is 0 Å². The first-order valence-electron chi connectivity index (χ1n) is 5.26.